The Morgan fingerprint density at radius 3 is 2.34 bits per heavy atom. The quantitative estimate of drug-likeness (QED) is 0.434. The van der Waals surface area contributed by atoms with Gasteiger partial charge in [-0.3, -0.25) is 25.0 Å². The van der Waals surface area contributed by atoms with Crippen molar-refractivity contribution in [1.82, 2.24) is 10.6 Å². The second-order valence-corrected chi connectivity index (χ2v) is 7.17. The summed E-state index contributed by atoms with van der Waals surface area (Å²) in [5, 5.41) is 6.81. The van der Waals surface area contributed by atoms with Gasteiger partial charge in [-0.15, -0.1) is 0 Å². The summed E-state index contributed by atoms with van der Waals surface area (Å²) in [4.78, 5) is 47.3. The molecule has 0 saturated carbocycles. The fourth-order valence-corrected chi connectivity index (χ4v) is 3.09. The Hall–Kier alpha value is -3.85. The Bertz CT molecular complexity index is 1090. The molecule has 1 aliphatic rings. The molecule has 2 aromatic carbocycles. The van der Waals surface area contributed by atoms with Crippen LogP contribution in [0, 0.1) is 6.92 Å². The number of anilines is 1. The first kappa shape index (κ1) is 22.8. The molecule has 2 aromatic rings. The molecule has 3 rings (SSSR count). The van der Waals surface area contributed by atoms with E-state index in [9.17, 15) is 19.2 Å². The van der Waals surface area contributed by atoms with E-state index < -0.39 is 23.8 Å². The van der Waals surface area contributed by atoms with Crippen LogP contribution in [0.25, 0.3) is 6.08 Å². The van der Waals surface area contributed by atoms with E-state index in [1.165, 1.54) is 18.2 Å². The van der Waals surface area contributed by atoms with Crippen LogP contribution in [-0.2, 0) is 14.4 Å². The Morgan fingerprint density at radius 1 is 1.06 bits per heavy atom. The lowest BCUT2D eigenvalue weighted by Crippen LogP contribution is -2.51. The first-order chi connectivity index (χ1) is 15.3. The number of hydrogen-bond donors (Lipinski definition) is 3. The van der Waals surface area contributed by atoms with E-state index in [2.05, 4.69) is 5.32 Å². The van der Waals surface area contributed by atoms with E-state index >= 15 is 0 Å². The molecule has 0 spiro atoms. The van der Waals surface area contributed by atoms with Crippen LogP contribution in [0.1, 0.15) is 18.1 Å². The van der Waals surface area contributed by atoms with Crippen molar-refractivity contribution in [2.45, 2.75) is 13.8 Å². The summed E-state index contributed by atoms with van der Waals surface area (Å²) in [6, 6.07) is 9.36. The predicted octanol–water partition coefficient (Wildman–Crippen LogP) is 2.81. The summed E-state index contributed by atoms with van der Waals surface area (Å²) in [6.07, 6.45) is 1.26. The van der Waals surface area contributed by atoms with Gasteiger partial charge < -0.3 is 14.8 Å². The highest BCUT2D eigenvalue weighted by Gasteiger charge is 2.28. The molecule has 0 bridgehead atoms. The summed E-state index contributed by atoms with van der Waals surface area (Å²) in [6.45, 7) is 3.65. The van der Waals surface area contributed by atoms with E-state index in [1.807, 2.05) is 29.7 Å². The molecule has 32 heavy (non-hydrogen) atoms. The lowest BCUT2D eigenvalue weighted by molar-refractivity contribution is -0.124. The first-order valence-corrected chi connectivity index (χ1v) is 9.98. The fourth-order valence-electron chi connectivity index (χ4n) is 2.82. The van der Waals surface area contributed by atoms with Crippen molar-refractivity contribution < 1.29 is 28.7 Å². The molecule has 0 atom stereocenters. The number of carbonyl (C=O) groups is 4. The number of carbonyl (C=O) groups excluding carboxylic acids is 4. The largest absolute Gasteiger partial charge is 0.490 e. The lowest BCUT2D eigenvalue weighted by Gasteiger charge is -2.16. The van der Waals surface area contributed by atoms with Crippen molar-refractivity contribution in [1.29, 1.82) is 0 Å². The zero-order valence-corrected chi connectivity index (χ0v) is 18.0. The number of aryl methyl sites for hydroxylation is 1. The summed E-state index contributed by atoms with van der Waals surface area (Å²) >= 11 is 6.32. The summed E-state index contributed by atoms with van der Waals surface area (Å²) in [5.41, 5.74) is 1.79. The highest BCUT2D eigenvalue weighted by atomic mass is 35.5. The van der Waals surface area contributed by atoms with Gasteiger partial charge in [0, 0.05) is 5.69 Å². The molecule has 5 amide bonds. The average molecular weight is 458 g/mol. The Kier molecular flexibility index (Phi) is 7.11. The van der Waals surface area contributed by atoms with Crippen molar-refractivity contribution in [3.63, 3.8) is 0 Å². The molecule has 1 heterocycles. The van der Waals surface area contributed by atoms with E-state index in [4.69, 9.17) is 21.1 Å². The zero-order valence-electron chi connectivity index (χ0n) is 17.3. The maximum Gasteiger partial charge on any atom is 0.328 e. The number of ether oxygens (including phenoxy) is 2. The number of nitrogens with one attached hydrogen (secondary N) is 3. The first-order valence-electron chi connectivity index (χ1n) is 9.61. The van der Waals surface area contributed by atoms with Crippen LogP contribution in [-0.4, -0.2) is 37.0 Å². The molecule has 9 nitrogen and oxygen atoms in total. The summed E-state index contributed by atoms with van der Waals surface area (Å²) < 4.78 is 11.1. The number of benzene rings is 2. The van der Waals surface area contributed by atoms with Gasteiger partial charge in [0.25, 0.3) is 17.7 Å². The third-order valence-electron chi connectivity index (χ3n) is 4.27. The number of barbiturate groups is 1. The minimum atomic E-state index is -0.891. The highest BCUT2D eigenvalue weighted by Crippen LogP contribution is 2.37. The number of rotatable bonds is 7. The van der Waals surface area contributed by atoms with Crippen molar-refractivity contribution in [2.75, 3.05) is 18.5 Å². The molecule has 1 fully saturated rings. The maximum absolute atomic E-state index is 12.2. The van der Waals surface area contributed by atoms with E-state index in [0.29, 0.717) is 11.3 Å². The van der Waals surface area contributed by atoms with Crippen molar-refractivity contribution in [3.8, 4) is 11.5 Å². The minimum Gasteiger partial charge on any atom is -0.490 e. The van der Waals surface area contributed by atoms with Gasteiger partial charge in [-0.2, -0.15) is 0 Å². The number of urea groups is 1. The van der Waals surface area contributed by atoms with Gasteiger partial charge in [0.05, 0.1) is 11.6 Å². The van der Waals surface area contributed by atoms with Gasteiger partial charge in [0.15, 0.2) is 18.1 Å². The topological polar surface area (TPSA) is 123 Å². The van der Waals surface area contributed by atoms with Gasteiger partial charge in [0.1, 0.15) is 5.57 Å². The fraction of sp³-hybridized carbons (Fsp3) is 0.182. The monoisotopic (exact) mass is 457 g/mol. The third kappa shape index (κ3) is 5.64. The van der Waals surface area contributed by atoms with Crippen LogP contribution in [0.3, 0.4) is 0 Å². The predicted molar refractivity (Wildman–Crippen MR) is 118 cm³/mol. The molecular formula is C22H20ClN3O6. The number of hydrogen-bond acceptors (Lipinski definition) is 6. The molecule has 1 aliphatic heterocycles. The highest BCUT2D eigenvalue weighted by molar-refractivity contribution is 6.33. The van der Waals surface area contributed by atoms with E-state index in [0.717, 1.165) is 5.56 Å². The third-order valence-corrected chi connectivity index (χ3v) is 4.55. The minimum absolute atomic E-state index is 0.110. The Balaban J connectivity index is 1.78. The average Bonchev–Trinajstić information content (AvgIpc) is 2.72. The second-order valence-electron chi connectivity index (χ2n) is 6.76. The molecule has 10 heteroatoms. The van der Waals surface area contributed by atoms with Crippen LogP contribution in [0.15, 0.2) is 42.0 Å². The van der Waals surface area contributed by atoms with Gasteiger partial charge in [0.2, 0.25) is 0 Å². The molecular weight excluding hydrogens is 438 g/mol. The molecule has 166 valence electrons. The van der Waals surface area contributed by atoms with Crippen LogP contribution in [0.5, 0.6) is 11.5 Å². The normalized spacial score (nSPS) is 13.2. The SMILES string of the molecule is CCOc1cc(C=C2C(=O)NC(=O)NC2=O)cc(Cl)c1OCC(=O)Nc1ccc(C)cc1. The lowest BCUT2D eigenvalue weighted by atomic mass is 10.1. The van der Waals surface area contributed by atoms with Crippen LogP contribution in [0.4, 0.5) is 10.5 Å². The molecule has 0 aliphatic carbocycles. The van der Waals surface area contributed by atoms with Crippen molar-refractivity contribution in [2.24, 2.45) is 0 Å². The Labute approximate surface area is 188 Å². The Morgan fingerprint density at radius 2 is 1.72 bits per heavy atom. The second kappa shape index (κ2) is 9.97. The maximum atomic E-state index is 12.2. The van der Waals surface area contributed by atoms with Crippen molar-refractivity contribution >= 4 is 47.1 Å². The van der Waals surface area contributed by atoms with Crippen molar-refractivity contribution in [3.05, 3.63) is 58.1 Å². The number of halogens is 1. The molecule has 0 unspecified atom stereocenters. The summed E-state index contributed by atoms with van der Waals surface area (Å²) in [5.74, 6) is -1.69. The number of imide groups is 2. The van der Waals surface area contributed by atoms with Crippen LogP contribution < -0.4 is 25.4 Å². The van der Waals surface area contributed by atoms with Gasteiger partial charge in [-0.1, -0.05) is 29.3 Å². The van der Waals surface area contributed by atoms with E-state index in [1.54, 1.807) is 19.1 Å². The van der Waals surface area contributed by atoms with Gasteiger partial charge in [-0.25, -0.2) is 4.79 Å². The van der Waals surface area contributed by atoms with E-state index in [-0.39, 0.29) is 35.3 Å². The molecule has 1 saturated heterocycles. The standard InChI is InChI=1S/C22H20ClN3O6/c1-3-31-17-10-13(8-15-20(28)25-22(30)26-21(15)29)9-16(23)19(17)32-11-18(27)24-14-6-4-12(2)5-7-14/h4-10H,3,11H2,1-2H3,(H,24,27)(H2,25,26,28,29,30). The zero-order chi connectivity index (χ0) is 23.3. The van der Waals surface area contributed by atoms with Gasteiger partial charge >= 0.3 is 6.03 Å². The number of amides is 5. The molecule has 0 aromatic heterocycles. The van der Waals surface area contributed by atoms with Crippen LogP contribution in [0.2, 0.25) is 5.02 Å². The molecule has 3 N–H and O–H groups in total. The van der Waals surface area contributed by atoms with Gasteiger partial charge in [-0.05, 0) is 49.8 Å². The summed E-state index contributed by atoms with van der Waals surface area (Å²) in [7, 11) is 0. The van der Waals surface area contributed by atoms with Crippen LogP contribution >= 0.6 is 11.6 Å². The molecule has 0 radical (unpaired) electrons. The smallest absolute Gasteiger partial charge is 0.328 e.